The van der Waals surface area contributed by atoms with Crippen LogP contribution in [0.4, 0.5) is 13.2 Å². The fraction of sp³-hybridized carbons (Fsp3) is 0.222. The molecule has 4 nitrogen and oxygen atoms in total. The van der Waals surface area contributed by atoms with Crippen molar-refractivity contribution in [2.45, 2.75) is 19.1 Å². The maximum absolute atomic E-state index is 12.5. The summed E-state index contributed by atoms with van der Waals surface area (Å²) in [6, 6.07) is 10.9. The highest BCUT2D eigenvalue weighted by atomic mass is 79.9. The molecule has 0 aliphatic rings. The highest BCUT2D eigenvalue weighted by Crippen LogP contribution is 2.29. The quantitative estimate of drug-likeness (QED) is 0.753. The standard InChI is InChI=1S/C18H16BrF3N2O2/c1-11(14-4-2-3-5-15(14)19)24-16(25)10-23-17(26)12-6-8-13(9-7-12)18(20,21)22/h2-9,11H,10H2,1H3,(H,23,26)(H,24,25). The molecule has 2 aromatic rings. The molecule has 2 N–H and O–H groups in total. The van der Waals surface area contributed by atoms with Gasteiger partial charge in [-0.15, -0.1) is 0 Å². The number of carbonyl (C=O) groups is 2. The van der Waals surface area contributed by atoms with E-state index in [1.54, 1.807) is 6.92 Å². The fourth-order valence-electron chi connectivity index (χ4n) is 2.27. The molecule has 26 heavy (non-hydrogen) atoms. The van der Waals surface area contributed by atoms with Crippen LogP contribution in [0.3, 0.4) is 0 Å². The molecule has 0 saturated heterocycles. The molecule has 2 amide bonds. The third kappa shape index (κ3) is 5.32. The van der Waals surface area contributed by atoms with Crippen molar-refractivity contribution in [1.82, 2.24) is 10.6 Å². The lowest BCUT2D eigenvalue weighted by Gasteiger charge is -2.16. The lowest BCUT2D eigenvalue weighted by Crippen LogP contribution is -2.38. The summed E-state index contributed by atoms with van der Waals surface area (Å²) >= 11 is 3.40. The highest BCUT2D eigenvalue weighted by Gasteiger charge is 2.30. The Morgan fingerprint density at radius 2 is 1.69 bits per heavy atom. The minimum atomic E-state index is -4.46. The monoisotopic (exact) mass is 428 g/mol. The van der Waals surface area contributed by atoms with Crippen molar-refractivity contribution in [3.63, 3.8) is 0 Å². The Morgan fingerprint density at radius 1 is 1.08 bits per heavy atom. The topological polar surface area (TPSA) is 58.2 Å². The van der Waals surface area contributed by atoms with Gasteiger partial charge in [-0.2, -0.15) is 13.2 Å². The van der Waals surface area contributed by atoms with Crippen molar-refractivity contribution in [3.8, 4) is 0 Å². The molecular weight excluding hydrogens is 413 g/mol. The second-order valence-electron chi connectivity index (χ2n) is 5.57. The second-order valence-corrected chi connectivity index (χ2v) is 6.42. The van der Waals surface area contributed by atoms with Crippen LogP contribution >= 0.6 is 15.9 Å². The van der Waals surface area contributed by atoms with Crippen molar-refractivity contribution in [1.29, 1.82) is 0 Å². The largest absolute Gasteiger partial charge is 0.416 e. The Hall–Kier alpha value is -2.35. The lowest BCUT2D eigenvalue weighted by atomic mass is 10.1. The van der Waals surface area contributed by atoms with E-state index in [-0.39, 0.29) is 18.2 Å². The van der Waals surface area contributed by atoms with Gasteiger partial charge in [-0.25, -0.2) is 0 Å². The van der Waals surface area contributed by atoms with E-state index >= 15 is 0 Å². The first-order valence-corrected chi connectivity index (χ1v) is 8.47. The number of nitrogens with one attached hydrogen (secondary N) is 2. The molecule has 0 aliphatic carbocycles. The Bertz CT molecular complexity index is 792. The van der Waals surface area contributed by atoms with E-state index in [1.165, 1.54) is 0 Å². The molecule has 0 radical (unpaired) electrons. The van der Waals surface area contributed by atoms with E-state index in [1.807, 2.05) is 24.3 Å². The third-order valence-corrected chi connectivity index (χ3v) is 4.36. The summed E-state index contributed by atoms with van der Waals surface area (Å²) in [5.41, 5.74) is 0.0913. The summed E-state index contributed by atoms with van der Waals surface area (Å²) in [5, 5.41) is 5.12. The summed E-state index contributed by atoms with van der Waals surface area (Å²) in [6.45, 7) is 1.52. The predicted molar refractivity (Wildman–Crippen MR) is 94.5 cm³/mol. The van der Waals surface area contributed by atoms with Crippen LogP contribution in [0.5, 0.6) is 0 Å². The van der Waals surface area contributed by atoms with Gasteiger partial charge >= 0.3 is 6.18 Å². The molecule has 0 bridgehead atoms. The number of amides is 2. The second kappa shape index (κ2) is 8.35. The summed E-state index contributed by atoms with van der Waals surface area (Å²) in [7, 11) is 0. The van der Waals surface area contributed by atoms with Crippen LogP contribution in [-0.2, 0) is 11.0 Å². The smallest absolute Gasteiger partial charge is 0.348 e. The van der Waals surface area contributed by atoms with Gasteiger partial charge in [0.25, 0.3) is 5.91 Å². The molecule has 0 aromatic heterocycles. The minimum absolute atomic E-state index is 0.0460. The van der Waals surface area contributed by atoms with Gasteiger partial charge in [0.05, 0.1) is 18.2 Å². The Balaban J connectivity index is 1.89. The number of carbonyl (C=O) groups excluding carboxylic acids is 2. The van der Waals surface area contributed by atoms with E-state index < -0.39 is 23.6 Å². The van der Waals surface area contributed by atoms with Crippen molar-refractivity contribution in [2.75, 3.05) is 6.54 Å². The zero-order valence-corrected chi connectivity index (χ0v) is 15.3. The summed E-state index contributed by atoms with van der Waals surface area (Å²) in [5.74, 6) is -1.03. The minimum Gasteiger partial charge on any atom is -0.348 e. The van der Waals surface area contributed by atoms with Gasteiger partial charge in [0, 0.05) is 10.0 Å². The van der Waals surface area contributed by atoms with Crippen molar-refractivity contribution >= 4 is 27.7 Å². The number of alkyl halides is 3. The number of hydrogen-bond donors (Lipinski definition) is 2. The average molecular weight is 429 g/mol. The van der Waals surface area contributed by atoms with E-state index in [4.69, 9.17) is 0 Å². The van der Waals surface area contributed by atoms with Crippen molar-refractivity contribution < 1.29 is 22.8 Å². The highest BCUT2D eigenvalue weighted by molar-refractivity contribution is 9.10. The van der Waals surface area contributed by atoms with Crippen LogP contribution in [0.2, 0.25) is 0 Å². The SMILES string of the molecule is CC(NC(=O)CNC(=O)c1ccc(C(F)(F)F)cc1)c1ccccc1Br. The maximum atomic E-state index is 12.5. The average Bonchev–Trinajstić information content (AvgIpc) is 2.59. The summed E-state index contributed by atoms with van der Waals surface area (Å²) < 4.78 is 38.4. The van der Waals surface area contributed by atoms with Gasteiger partial charge in [0.15, 0.2) is 0 Å². The van der Waals surface area contributed by atoms with Crippen LogP contribution in [0.25, 0.3) is 0 Å². The molecule has 0 saturated carbocycles. The van der Waals surface area contributed by atoms with Gasteiger partial charge in [-0.3, -0.25) is 9.59 Å². The molecule has 0 aliphatic heterocycles. The molecule has 8 heteroatoms. The summed E-state index contributed by atoms with van der Waals surface area (Å²) in [6.07, 6.45) is -4.46. The number of benzene rings is 2. The van der Waals surface area contributed by atoms with Gasteiger partial charge in [-0.1, -0.05) is 34.1 Å². The molecule has 0 spiro atoms. The van der Waals surface area contributed by atoms with Crippen LogP contribution < -0.4 is 10.6 Å². The van der Waals surface area contributed by atoms with Crippen LogP contribution in [0.1, 0.15) is 34.5 Å². The van der Waals surface area contributed by atoms with Gasteiger partial charge in [0.1, 0.15) is 0 Å². The zero-order valence-electron chi connectivity index (χ0n) is 13.7. The first-order valence-electron chi connectivity index (χ1n) is 7.67. The first-order chi connectivity index (χ1) is 12.2. The molecular formula is C18H16BrF3N2O2. The Labute approximate surface area is 156 Å². The molecule has 0 heterocycles. The zero-order chi connectivity index (χ0) is 19.3. The maximum Gasteiger partial charge on any atom is 0.416 e. The first kappa shape index (κ1) is 20.0. The Morgan fingerprint density at radius 3 is 2.27 bits per heavy atom. The van der Waals surface area contributed by atoms with Crippen LogP contribution in [0, 0.1) is 0 Å². The molecule has 2 rings (SSSR count). The molecule has 1 atom stereocenters. The van der Waals surface area contributed by atoms with Crippen LogP contribution in [0.15, 0.2) is 53.0 Å². The molecule has 138 valence electrons. The van der Waals surface area contributed by atoms with Gasteiger partial charge in [0.2, 0.25) is 5.91 Å². The fourth-order valence-corrected chi connectivity index (χ4v) is 2.90. The van der Waals surface area contributed by atoms with E-state index in [2.05, 4.69) is 26.6 Å². The Kier molecular flexibility index (Phi) is 6.42. The molecule has 1 unspecified atom stereocenters. The van der Waals surface area contributed by atoms with E-state index in [0.29, 0.717) is 0 Å². The third-order valence-electron chi connectivity index (χ3n) is 3.63. The van der Waals surface area contributed by atoms with E-state index in [9.17, 15) is 22.8 Å². The van der Waals surface area contributed by atoms with Crippen molar-refractivity contribution in [3.05, 3.63) is 69.7 Å². The number of rotatable bonds is 5. The van der Waals surface area contributed by atoms with E-state index in [0.717, 1.165) is 34.3 Å². The number of halogens is 4. The lowest BCUT2D eigenvalue weighted by molar-refractivity contribution is -0.137. The molecule has 2 aromatic carbocycles. The van der Waals surface area contributed by atoms with Gasteiger partial charge < -0.3 is 10.6 Å². The normalized spacial score (nSPS) is 12.3. The number of hydrogen-bond acceptors (Lipinski definition) is 2. The van der Waals surface area contributed by atoms with Crippen molar-refractivity contribution in [2.24, 2.45) is 0 Å². The van der Waals surface area contributed by atoms with Crippen LogP contribution in [-0.4, -0.2) is 18.4 Å². The predicted octanol–water partition coefficient (Wildman–Crippen LogP) is 4.08. The summed E-state index contributed by atoms with van der Waals surface area (Å²) in [4.78, 5) is 23.9. The van der Waals surface area contributed by atoms with Gasteiger partial charge in [-0.05, 0) is 42.8 Å². The molecule has 0 fully saturated rings.